The highest BCUT2D eigenvalue weighted by Crippen LogP contribution is 2.22. The van der Waals surface area contributed by atoms with Gasteiger partial charge in [-0.1, -0.05) is 44.0 Å². The van der Waals surface area contributed by atoms with Gasteiger partial charge in [-0.3, -0.25) is 0 Å². The Labute approximate surface area is 232 Å². The van der Waals surface area contributed by atoms with Crippen LogP contribution in [0.3, 0.4) is 0 Å². The van der Waals surface area contributed by atoms with E-state index in [4.69, 9.17) is 5.11 Å². The van der Waals surface area contributed by atoms with E-state index in [1.165, 1.54) is 19.4 Å². The maximum atomic E-state index is 11.5. The number of hydrogen-bond donors (Lipinski definition) is 1. The van der Waals surface area contributed by atoms with Crippen LogP contribution in [-0.2, 0) is 11.3 Å². The molecule has 0 saturated carbocycles. The molecule has 4 aromatic heterocycles. The maximum absolute atomic E-state index is 11.5. The van der Waals surface area contributed by atoms with Crippen molar-refractivity contribution >= 4 is 59.6 Å². The molecule has 190 valence electrons. The highest BCUT2D eigenvalue weighted by atomic mass is 79.9. The number of aliphatic hydroxyl groups excluding tert-OH is 1. The Kier molecular flexibility index (Phi) is 7.49. The summed E-state index contributed by atoms with van der Waals surface area (Å²) >= 11 is 6.85. The summed E-state index contributed by atoms with van der Waals surface area (Å²) in [6.07, 6.45) is 6.59. The van der Waals surface area contributed by atoms with Gasteiger partial charge in [-0.25, -0.2) is 24.7 Å². The fourth-order valence-electron chi connectivity index (χ4n) is 3.55. The van der Waals surface area contributed by atoms with Crippen LogP contribution >= 0.6 is 31.9 Å². The topological polar surface area (TPSA) is 134 Å². The fourth-order valence-corrected chi connectivity index (χ4v) is 4.24. The summed E-state index contributed by atoms with van der Waals surface area (Å²) in [5.74, 6) is 0.266. The molecule has 6 rings (SSSR count). The maximum Gasteiger partial charge on any atom is 0.356 e. The first-order valence-electron chi connectivity index (χ1n) is 11.1. The Morgan fingerprint density at radius 1 is 0.842 bits per heavy atom. The van der Waals surface area contributed by atoms with Crippen molar-refractivity contribution in [1.82, 2.24) is 39.5 Å². The highest BCUT2D eigenvalue weighted by molar-refractivity contribution is 9.10. The van der Waals surface area contributed by atoms with Gasteiger partial charge in [0, 0.05) is 32.1 Å². The molecule has 0 aliphatic rings. The number of esters is 1. The number of halogens is 2. The van der Waals surface area contributed by atoms with E-state index in [1.807, 2.05) is 36.4 Å². The molecule has 6 aromatic rings. The zero-order valence-electron chi connectivity index (χ0n) is 19.7. The molecule has 0 radical (unpaired) electrons. The number of methoxy groups -OCH3 is 1. The van der Waals surface area contributed by atoms with Crippen molar-refractivity contribution in [2.45, 2.75) is 6.61 Å². The van der Waals surface area contributed by atoms with Gasteiger partial charge in [0.2, 0.25) is 0 Å². The largest absolute Gasteiger partial charge is 0.464 e. The number of rotatable bonds is 4. The molecule has 0 aliphatic heterocycles. The van der Waals surface area contributed by atoms with Gasteiger partial charge in [0.25, 0.3) is 11.9 Å². The second kappa shape index (κ2) is 11.1. The molecule has 0 spiro atoms. The lowest BCUT2D eigenvalue weighted by atomic mass is 10.3. The number of benzene rings is 2. The number of ether oxygens (including phenoxy) is 1. The Morgan fingerprint density at radius 2 is 1.39 bits per heavy atom. The number of aliphatic hydroxyl groups is 1. The second-order valence-electron chi connectivity index (χ2n) is 7.76. The van der Waals surface area contributed by atoms with Gasteiger partial charge in [0.1, 0.15) is 0 Å². The first-order chi connectivity index (χ1) is 18.5. The Bertz CT molecular complexity index is 1770. The predicted molar refractivity (Wildman–Crippen MR) is 146 cm³/mol. The van der Waals surface area contributed by atoms with Crippen molar-refractivity contribution in [2.24, 2.45) is 0 Å². The molecule has 4 heterocycles. The zero-order chi connectivity index (χ0) is 26.6. The third-order valence-corrected chi connectivity index (χ3v) is 6.33. The van der Waals surface area contributed by atoms with E-state index in [0.29, 0.717) is 17.6 Å². The minimum atomic E-state index is -0.508. The predicted octanol–water partition coefficient (Wildman–Crippen LogP) is 4.43. The lowest BCUT2D eigenvalue weighted by Gasteiger charge is -2.03. The van der Waals surface area contributed by atoms with Crippen molar-refractivity contribution in [3.8, 4) is 11.9 Å². The van der Waals surface area contributed by atoms with Crippen LogP contribution in [0.2, 0.25) is 0 Å². The molecule has 0 unspecified atom stereocenters. The van der Waals surface area contributed by atoms with Gasteiger partial charge >= 0.3 is 5.97 Å². The number of hydrogen-bond acceptors (Lipinski definition) is 9. The van der Waals surface area contributed by atoms with Crippen LogP contribution in [0.25, 0.3) is 33.7 Å². The molecule has 0 fully saturated rings. The van der Waals surface area contributed by atoms with Gasteiger partial charge < -0.3 is 9.84 Å². The summed E-state index contributed by atoms with van der Waals surface area (Å²) in [5.41, 5.74) is 2.52. The van der Waals surface area contributed by atoms with Gasteiger partial charge in [-0.15, -0.1) is 0 Å². The van der Waals surface area contributed by atoms with Crippen molar-refractivity contribution < 1.29 is 14.6 Å². The summed E-state index contributed by atoms with van der Waals surface area (Å²) < 4.78 is 9.77. The van der Waals surface area contributed by atoms with Crippen LogP contribution in [0.15, 0.2) is 82.3 Å². The van der Waals surface area contributed by atoms with Crippen molar-refractivity contribution in [1.29, 1.82) is 0 Å². The molecule has 0 bridgehead atoms. The van der Waals surface area contributed by atoms with E-state index in [-0.39, 0.29) is 12.3 Å². The average molecular weight is 638 g/mol. The average Bonchev–Trinajstić information content (AvgIpc) is 3.56. The van der Waals surface area contributed by atoms with E-state index in [1.54, 1.807) is 34.0 Å². The number of carbonyl (C=O) groups excluding carboxylic acids is 1. The van der Waals surface area contributed by atoms with Crippen molar-refractivity contribution in [2.75, 3.05) is 7.11 Å². The van der Waals surface area contributed by atoms with Crippen LogP contribution in [0, 0.1) is 0 Å². The molecule has 0 atom stereocenters. The quantitative estimate of drug-likeness (QED) is 0.279. The highest BCUT2D eigenvalue weighted by Gasteiger charge is 2.12. The van der Waals surface area contributed by atoms with Crippen LogP contribution in [0.4, 0.5) is 0 Å². The fraction of sp³-hybridized carbons (Fsp3) is 0.0800. The van der Waals surface area contributed by atoms with Crippen LogP contribution in [-0.4, -0.2) is 57.7 Å². The first-order valence-corrected chi connectivity index (χ1v) is 12.7. The third kappa shape index (κ3) is 5.30. The molecule has 38 heavy (non-hydrogen) atoms. The molecule has 0 saturated heterocycles. The van der Waals surface area contributed by atoms with Gasteiger partial charge in [-0.05, 0) is 36.4 Å². The monoisotopic (exact) mass is 636 g/mol. The van der Waals surface area contributed by atoms with Gasteiger partial charge in [0.15, 0.2) is 5.69 Å². The first kappa shape index (κ1) is 25.6. The summed E-state index contributed by atoms with van der Waals surface area (Å²) in [6.45, 7) is -0.113. The molecule has 13 heteroatoms. The summed E-state index contributed by atoms with van der Waals surface area (Å²) in [4.78, 5) is 28.2. The summed E-state index contributed by atoms with van der Waals surface area (Å²) in [5, 5.41) is 19.6. The summed E-state index contributed by atoms with van der Waals surface area (Å²) in [7, 11) is 1.31. The Hall–Kier alpha value is -4.07. The minimum absolute atomic E-state index is 0.113. The summed E-state index contributed by atoms with van der Waals surface area (Å²) in [6, 6.07) is 14.8. The molecule has 0 amide bonds. The van der Waals surface area contributed by atoms with Crippen molar-refractivity contribution in [3.05, 3.63) is 93.7 Å². The van der Waals surface area contributed by atoms with Gasteiger partial charge in [0.05, 0.1) is 42.8 Å². The van der Waals surface area contributed by atoms with E-state index in [2.05, 4.69) is 66.7 Å². The van der Waals surface area contributed by atoms with E-state index in [0.717, 1.165) is 30.8 Å². The van der Waals surface area contributed by atoms with Crippen LogP contribution in [0.5, 0.6) is 0 Å². The van der Waals surface area contributed by atoms with E-state index >= 15 is 0 Å². The van der Waals surface area contributed by atoms with Crippen LogP contribution in [0.1, 0.15) is 16.2 Å². The Morgan fingerprint density at radius 3 is 1.95 bits per heavy atom. The molecule has 2 aromatic carbocycles. The van der Waals surface area contributed by atoms with E-state index in [9.17, 15) is 4.79 Å². The normalized spacial score (nSPS) is 10.8. The smallest absolute Gasteiger partial charge is 0.356 e. The zero-order valence-corrected chi connectivity index (χ0v) is 22.9. The third-order valence-electron chi connectivity index (χ3n) is 5.34. The molecular formula is C25H18Br2N8O3. The van der Waals surface area contributed by atoms with E-state index < -0.39 is 5.97 Å². The SMILES string of the molecule is COC(=O)c1ccnc(-n2ncc3ccc(Br)cc32)n1.OCc1ccnc(-n2ncc3ccc(Br)cc32)n1. The molecule has 0 aliphatic carbocycles. The number of aromatic nitrogens is 8. The number of nitrogens with zero attached hydrogens (tertiary/aromatic N) is 8. The van der Waals surface area contributed by atoms with Crippen LogP contribution < -0.4 is 0 Å². The van der Waals surface area contributed by atoms with Crippen molar-refractivity contribution in [3.63, 3.8) is 0 Å². The Balaban J connectivity index is 0.000000156. The lowest BCUT2D eigenvalue weighted by molar-refractivity contribution is 0.0593. The molecular weight excluding hydrogens is 620 g/mol. The number of carbonyl (C=O) groups is 1. The molecule has 11 nitrogen and oxygen atoms in total. The number of fused-ring (bicyclic) bond motifs is 2. The molecule has 1 N–H and O–H groups in total. The lowest BCUT2D eigenvalue weighted by Crippen LogP contribution is -2.09. The second-order valence-corrected chi connectivity index (χ2v) is 9.59. The standard InChI is InChI=1S/C13H9BrN4O2.C12H9BrN4O/c1-20-12(19)10-4-5-15-13(17-10)18-11-6-9(14)3-2-8(11)7-16-18;13-9-2-1-8-6-15-17(11(8)5-9)12-14-4-3-10(7-18)16-12/h2-7H,1H3;1-6,18H,7H2. The minimum Gasteiger partial charge on any atom is -0.464 e. The van der Waals surface area contributed by atoms with Gasteiger partial charge in [-0.2, -0.15) is 19.6 Å².